The monoisotopic (exact) mass is 338 g/mol. The van der Waals surface area contributed by atoms with Crippen LogP contribution in [-0.2, 0) is 0 Å². The minimum atomic E-state index is -0.304. The van der Waals surface area contributed by atoms with Gasteiger partial charge in [-0.1, -0.05) is 29.3 Å². The second-order valence-electron chi connectivity index (χ2n) is 4.65. The molecule has 0 unspecified atom stereocenters. The summed E-state index contributed by atoms with van der Waals surface area (Å²) < 4.78 is 5.15. The average Bonchev–Trinajstić information content (AvgIpc) is 3.11. The van der Waals surface area contributed by atoms with Gasteiger partial charge in [-0.25, -0.2) is 4.98 Å². The number of guanidine groups is 1. The highest BCUT2D eigenvalue weighted by molar-refractivity contribution is 6.39. The van der Waals surface area contributed by atoms with Gasteiger partial charge in [-0.15, -0.1) is 0 Å². The molecule has 2 heterocycles. The van der Waals surface area contributed by atoms with E-state index in [0.717, 1.165) is 0 Å². The molecule has 2 aromatic rings. The second-order valence-corrected chi connectivity index (χ2v) is 5.47. The van der Waals surface area contributed by atoms with E-state index in [1.54, 1.807) is 25.1 Å². The number of hydrogen-bond acceptors (Lipinski definition) is 5. The number of halogens is 2. The number of amides is 1. The lowest BCUT2D eigenvalue weighted by Gasteiger charge is -2.19. The van der Waals surface area contributed by atoms with Crippen molar-refractivity contribution in [2.45, 2.75) is 6.92 Å². The molecule has 1 aromatic heterocycles. The zero-order valence-electron chi connectivity index (χ0n) is 11.6. The molecular formula is C14H12Cl2N4O2. The summed E-state index contributed by atoms with van der Waals surface area (Å²) in [5, 5.41) is 3.92. The van der Waals surface area contributed by atoms with Crippen molar-refractivity contribution in [3.05, 3.63) is 46.1 Å². The number of anilines is 1. The topological polar surface area (TPSA) is 70.7 Å². The molecule has 0 fully saturated rings. The highest BCUT2D eigenvalue weighted by Gasteiger charge is 2.29. The largest absolute Gasteiger partial charge is 0.438 e. The van der Waals surface area contributed by atoms with Crippen molar-refractivity contribution >= 4 is 40.8 Å². The first kappa shape index (κ1) is 14.9. The third kappa shape index (κ3) is 2.67. The number of rotatable bonds is 2. The highest BCUT2D eigenvalue weighted by Crippen LogP contribution is 2.30. The van der Waals surface area contributed by atoms with E-state index in [-0.39, 0.29) is 11.7 Å². The number of hydrogen-bond donors (Lipinski definition) is 1. The molecule has 0 bridgehead atoms. The molecule has 1 aromatic carbocycles. The van der Waals surface area contributed by atoms with Crippen LogP contribution in [0.5, 0.6) is 0 Å². The van der Waals surface area contributed by atoms with Gasteiger partial charge in [-0.3, -0.25) is 14.7 Å². The van der Waals surface area contributed by atoms with Crippen LogP contribution < -0.4 is 5.32 Å². The number of nitrogens with zero attached hydrogens (tertiary/aromatic N) is 3. The predicted octanol–water partition coefficient (Wildman–Crippen LogP) is 3.21. The normalized spacial score (nSPS) is 14.1. The molecule has 3 rings (SSSR count). The molecule has 1 N–H and O–H groups in total. The minimum absolute atomic E-state index is 0.196. The molecule has 1 aliphatic heterocycles. The fourth-order valence-corrected chi connectivity index (χ4v) is 2.60. The average molecular weight is 339 g/mol. The maximum atomic E-state index is 12.5. The number of aliphatic imine (C=N–C) groups is 1. The van der Waals surface area contributed by atoms with E-state index in [4.69, 9.17) is 27.6 Å². The van der Waals surface area contributed by atoms with Crippen LogP contribution in [0.3, 0.4) is 0 Å². The Morgan fingerprint density at radius 1 is 1.36 bits per heavy atom. The van der Waals surface area contributed by atoms with Gasteiger partial charge in [0.2, 0.25) is 11.7 Å². The summed E-state index contributed by atoms with van der Waals surface area (Å²) in [4.78, 5) is 22.2. The first-order valence-electron chi connectivity index (χ1n) is 6.55. The molecular weight excluding hydrogens is 327 g/mol. The van der Waals surface area contributed by atoms with Crippen LogP contribution in [0.25, 0.3) is 0 Å². The van der Waals surface area contributed by atoms with E-state index in [9.17, 15) is 4.79 Å². The number of aryl methyl sites for hydroxylation is 1. The Hall–Kier alpha value is -2.05. The van der Waals surface area contributed by atoms with Gasteiger partial charge in [0.25, 0.3) is 5.91 Å². The van der Waals surface area contributed by atoms with Crippen LogP contribution in [0, 0.1) is 6.92 Å². The Morgan fingerprint density at radius 2 is 2.09 bits per heavy atom. The SMILES string of the molecule is Cc1ncoc1C(=O)N1CCN=C1Nc1c(Cl)cccc1Cl. The predicted molar refractivity (Wildman–Crippen MR) is 84.7 cm³/mol. The van der Waals surface area contributed by atoms with Crippen LogP contribution >= 0.6 is 23.2 Å². The lowest BCUT2D eigenvalue weighted by atomic mass is 10.3. The van der Waals surface area contributed by atoms with E-state index in [1.807, 2.05) is 0 Å². The van der Waals surface area contributed by atoms with Gasteiger partial charge in [0.15, 0.2) is 6.39 Å². The minimum Gasteiger partial charge on any atom is -0.438 e. The van der Waals surface area contributed by atoms with E-state index in [2.05, 4.69) is 15.3 Å². The van der Waals surface area contributed by atoms with Crippen LogP contribution in [0.15, 0.2) is 34.0 Å². The summed E-state index contributed by atoms with van der Waals surface area (Å²) in [6, 6.07) is 5.16. The number of nitrogens with one attached hydrogen (secondary N) is 1. The summed E-state index contributed by atoms with van der Waals surface area (Å²) in [5.41, 5.74) is 1.05. The van der Waals surface area contributed by atoms with Crippen LogP contribution in [0.4, 0.5) is 5.69 Å². The Kier molecular flexibility index (Phi) is 4.04. The molecule has 0 radical (unpaired) electrons. The molecule has 6 nitrogen and oxygen atoms in total. The molecule has 0 saturated heterocycles. The standard InChI is InChI=1S/C14H12Cl2N4O2/c1-8-12(22-7-18-8)13(21)20-6-5-17-14(20)19-11-9(15)3-2-4-10(11)16/h2-4,7H,5-6H2,1H3,(H,17,19). The zero-order chi connectivity index (χ0) is 15.7. The summed E-state index contributed by atoms with van der Waals surface area (Å²) in [6.07, 6.45) is 1.24. The molecule has 0 saturated carbocycles. The van der Waals surface area contributed by atoms with Gasteiger partial charge in [0.1, 0.15) is 0 Å². The molecule has 0 spiro atoms. The van der Waals surface area contributed by atoms with E-state index < -0.39 is 0 Å². The van der Waals surface area contributed by atoms with Gasteiger partial charge in [0.05, 0.1) is 28.0 Å². The molecule has 114 valence electrons. The fraction of sp³-hybridized carbons (Fsp3) is 0.214. The van der Waals surface area contributed by atoms with Gasteiger partial charge < -0.3 is 9.73 Å². The van der Waals surface area contributed by atoms with E-state index >= 15 is 0 Å². The maximum Gasteiger partial charge on any atom is 0.298 e. The van der Waals surface area contributed by atoms with Gasteiger partial charge in [-0.2, -0.15) is 0 Å². The van der Waals surface area contributed by atoms with E-state index in [1.165, 1.54) is 11.3 Å². The summed E-state index contributed by atoms with van der Waals surface area (Å²) >= 11 is 12.3. The molecule has 22 heavy (non-hydrogen) atoms. The molecule has 8 heteroatoms. The Bertz CT molecular complexity index is 737. The lowest BCUT2D eigenvalue weighted by Crippen LogP contribution is -2.38. The van der Waals surface area contributed by atoms with E-state index in [0.29, 0.717) is 40.5 Å². The zero-order valence-corrected chi connectivity index (χ0v) is 13.1. The second kappa shape index (κ2) is 5.98. The first-order valence-corrected chi connectivity index (χ1v) is 7.31. The number of carbonyl (C=O) groups is 1. The smallest absolute Gasteiger partial charge is 0.298 e. The van der Waals surface area contributed by atoms with Crippen molar-refractivity contribution in [3.63, 3.8) is 0 Å². The number of benzene rings is 1. The van der Waals surface area contributed by atoms with Crippen LogP contribution in [0.2, 0.25) is 10.0 Å². The van der Waals surface area contributed by atoms with Gasteiger partial charge in [0, 0.05) is 6.54 Å². The van der Waals surface area contributed by atoms with Gasteiger partial charge >= 0.3 is 0 Å². The number of oxazole rings is 1. The first-order chi connectivity index (χ1) is 10.6. The number of aromatic nitrogens is 1. The summed E-state index contributed by atoms with van der Waals surface area (Å²) in [7, 11) is 0. The summed E-state index contributed by atoms with van der Waals surface area (Å²) in [6.45, 7) is 2.65. The summed E-state index contributed by atoms with van der Waals surface area (Å²) in [5.74, 6) is 0.277. The molecule has 1 aliphatic rings. The highest BCUT2D eigenvalue weighted by atomic mass is 35.5. The lowest BCUT2D eigenvalue weighted by molar-refractivity contribution is 0.0826. The molecule has 0 aliphatic carbocycles. The third-order valence-electron chi connectivity index (χ3n) is 3.23. The van der Waals surface area contributed by atoms with Crippen molar-refractivity contribution in [2.75, 3.05) is 18.4 Å². The maximum absolute atomic E-state index is 12.5. The Morgan fingerprint density at radius 3 is 2.73 bits per heavy atom. The number of carbonyl (C=O) groups excluding carboxylic acids is 1. The van der Waals surface area contributed by atoms with Crippen molar-refractivity contribution in [1.29, 1.82) is 0 Å². The van der Waals surface area contributed by atoms with Crippen molar-refractivity contribution in [1.82, 2.24) is 9.88 Å². The Balaban J connectivity index is 1.85. The number of para-hydroxylation sites is 1. The van der Waals surface area contributed by atoms with Crippen LogP contribution in [-0.4, -0.2) is 34.8 Å². The van der Waals surface area contributed by atoms with Crippen molar-refractivity contribution < 1.29 is 9.21 Å². The molecule has 1 amide bonds. The third-order valence-corrected chi connectivity index (χ3v) is 3.86. The van der Waals surface area contributed by atoms with Gasteiger partial charge in [-0.05, 0) is 19.1 Å². The van der Waals surface area contributed by atoms with Crippen molar-refractivity contribution in [2.24, 2.45) is 4.99 Å². The van der Waals surface area contributed by atoms with Crippen LogP contribution in [0.1, 0.15) is 16.2 Å². The quantitative estimate of drug-likeness (QED) is 0.912. The molecule has 0 atom stereocenters. The Labute approximate surface area is 136 Å². The van der Waals surface area contributed by atoms with Crippen molar-refractivity contribution in [3.8, 4) is 0 Å². The fourth-order valence-electron chi connectivity index (χ4n) is 2.11.